The molecule has 0 radical (unpaired) electrons. The van der Waals surface area contributed by atoms with Gasteiger partial charge in [0.05, 0.1) is 0 Å². The summed E-state index contributed by atoms with van der Waals surface area (Å²) >= 11 is 0. The van der Waals surface area contributed by atoms with Crippen molar-refractivity contribution in [2.24, 2.45) is 0 Å². The van der Waals surface area contributed by atoms with Gasteiger partial charge in [-0.2, -0.15) is 0 Å². The van der Waals surface area contributed by atoms with Crippen molar-refractivity contribution < 1.29 is 0 Å². The van der Waals surface area contributed by atoms with Crippen molar-refractivity contribution in [1.29, 1.82) is 0 Å². The predicted octanol–water partition coefficient (Wildman–Crippen LogP) is 5.49. The highest BCUT2D eigenvalue weighted by Gasteiger charge is 2.13. The lowest BCUT2D eigenvalue weighted by atomic mass is 10.0. The van der Waals surface area contributed by atoms with Gasteiger partial charge in [0.2, 0.25) is 0 Å². The maximum atomic E-state index is 4.10. The van der Waals surface area contributed by atoms with E-state index in [1.807, 2.05) is 45.7 Å². The number of nitrogens with zero attached hydrogens (tertiary/aromatic N) is 1. The van der Waals surface area contributed by atoms with E-state index in [9.17, 15) is 0 Å². The summed E-state index contributed by atoms with van der Waals surface area (Å²) in [5.41, 5.74) is 5.62. The van der Waals surface area contributed by atoms with E-state index in [0.29, 0.717) is 0 Å². The molecule has 2 rings (SSSR count). The van der Waals surface area contributed by atoms with Crippen LogP contribution in [0.3, 0.4) is 0 Å². The maximum absolute atomic E-state index is 4.10. The highest BCUT2D eigenvalue weighted by Crippen LogP contribution is 2.28. The summed E-state index contributed by atoms with van der Waals surface area (Å²) in [4.78, 5) is 2.01. The van der Waals surface area contributed by atoms with Crippen molar-refractivity contribution in [2.75, 3.05) is 7.05 Å². The third kappa shape index (κ3) is 4.13. The lowest BCUT2D eigenvalue weighted by Gasteiger charge is -2.21. The molecule has 0 spiro atoms. The van der Waals surface area contributed by atoms with Gasteiger partial charge in [0.25, 0.3) is 0 Å². The van der Waals surface area contributed by atoms with Crippen molar-refractivity contribution in [3.8, 4) is 0 Å². The molecule has 0 saturated carbocycles. The first kappa shape index (κ1) is 17.2. The molecule has 0 saturated heterocycles. The lowest BCUT2D eigenvalue weighted by molar-refractivity contribution is 0.623. The molecular formula is C18H27N. The Morgan fingerprint density at radius 3 is 2.11 bits per heavy atom. The van der Waals surface area contributed by atoms with Crippen LogP contribution in [0.1, 0.15) is 44.4 Å². The normalized spacial score (nSPS) is 12.6. The average Bonchev–Trinajstić information content (AvgIpc) is 2.56. The molecule has 1 heterocycles. The molecule has 0 amide bonds. The number of allylic oxidation sites excluding steroid dienone is 1. The summed E-state index contributed by atoms with van der Waals surface area (Å²) in [6.45, 7) is 18.2. The molecule has 1 nitrogen and oxygen atoms in total. The summed E-state index contributed by atoms with van der Waals surface area (Å²) in [6, 6.07) is 6.40. The molecule has 1 aliphatic heterocycles. The van der Waals surface area contributed by atoms with E-state index in [4.69, 9.17) is 0 Å². The molecule has 1 aromatic carbocycles. The van der Waals surface area contributed by atoms with E-state index in [1.165, 1.54) is 16.7 Å². The first-order valence-corrected chi connectivity index (χ1v) is 7.00. The fourth-order valence-electron chi connectivity index (χ4n) is 1.73. The quantitative estimate of drug-likeness (QED) is 0.594. The van der Waals surface area contributed by atoms with Crippen molar-refractivity contribution in [3.05, 3.63) is 59.8 Å². The van der Waals surface area contributed by atoms with Crippen LogP contribution in [0, 0.1) is 6.92 Å². The van der Waals surface area contributed by atoms with Gasteiger partial charge < -0.3 is 4.90 Å². The largest absolute Gasteiger partial charge is 0.345 e. The summed E-state index contributed by atoms with van der Waals surface area (Å²) in [6.07, 6.45) is 4.12. The molecule has 1 aliphatic rings. The topological polar surface area (TPSA) is 3.24 Å². The van der Waals surface area contributed by atoms with Crippen LogP contribution >= 0.6 is 0 Å². The van der Waals surface area contributed by atoms with E-state index in [1.54, 1.807) is 0 Å². The Labute approximate surface area is 119 Å². The van der Waals surface area contributed by atoms with E-state index in [0.717, 1.165) is 11.4 Å². The zero-order valence-electron chi connectivity index (χ0n) is 13.2. The fourth-order valence-corrected chi connectivity index (χ4v) is 1.73. The molecule has 1 aromatic rings. The van der Waals surface area contributed by atoms with Gasteiger partial charge in [0.15, 0.2) is 0 Å². The Hall–Kier alpha value is -1.76. The number of aryl methyl sites for hydroxylation is 1. The van der Waals surface area contributed by atoms with Gasteiger partial charge in [-0.15, -0.1) is 0 Å². The minimum Gasteiger partial charge on any atom is -0.345 e. The first-order chi connectivity index (χ1) is 9.09. The van der Waals surface area contributed by atoms with Gasteiger partial charge >= 0.3 is 0 Å². The van der Waals surface area contributed by atoms with Gasteiger partial charge in [0.1, 0.15) is 0 Å². The second-order valence-corrected chi connectivity index (χ2v) is 3.92. The SMILES string of the molecule is C=C1C=Cc2cc(C)ccc2C(=C)N1C.CC.CC. The predicted molar refractivity (Wildman–Crippen MR) is 88.8 cm³/mol. The smallest absolute Gasteiger partial charge is 0.0414 e. The van der Waals surface area contributed by atoms with Crippen molar-refractivity contribution in [2.45, 2.75) is 34.6 Å². The van der Waals surface area contributed by atoms with Gasteiger partial charge in [-0.1, -0.05) is 70.7 Å². The van der Waals surface area contributed by atoms with Crippen LogP contribution in [-0.2, 0) is 0 Å². The Kier molecular flexibility index (Phi) is 7.59. The Bertz CT molecular complexity index is 467. The molecule has 104 valence electrons. The van der Waals surface area contributed by atoms with Crippen LogP contribution < -0.4 is 0 Å². The Morgan fingerprint density at radius 2 is 1.53 bits per heavy atom. The molecule has 0 aliphatic carbocycles. The number of benzene rings is 1. The Balaban J connectivity index is 0.000000741. The van der Waals surface area contributed by atoms with E-state index >= 15 is 0 Å². The summed E-state index contributed by atoms with van der Waals surface area (Å²) < 4.78 is 0. The zero-order valence-corrected chi connectivity index (χ0v) is 13.2. The fraction of sp³-hybridized carbons (Fsp3) is 0.333. The minimum absolute atomic E-state index is 0.967. The average molecular weight is 257 g/mol. The molecule has 19 heavy (non-hydrogen) atoms. The van der Waals surface area contributed by atoms with E-state index < -0.39 is 0 Å². The van der Waals surface area contributed by atoms with Gasteiger partial charge in [-0.25, -0.2) is 0 Å². The lowest BCUT2D eigenvalue weighted by Crippen LogP contribution is -2.12. The third-order valence-electron chi connectivity index (χ3n) is 2.81. The Morgan fingerprint density at radius 1 is 0.947 bits per heavy atom. The van der Waals surface area contributed by atoms with Crippen molar-refractivity contribution in [1.82, 2.24) is 4.90 Å². The molecule has 0 atom stereocenters. The second kappa shape index (κ2) is 8.36. The van der Waals surface area contributed by atoms with Gasteiger partial charge in [0, 0.05) is 24.0 Å². The molecule has 0 fully saturated rings. The van der Waals surface area contributed by atoms with Crippen LogP contribution in [0.15, 0.2) is 43.1 Å². The molecule has 1 heteroatoms. The number of hydrogen-bond acceptors (Lipinski definition) is 1. The van der Waals surface area contributed by atoms with Crippen LogP contribution in [0.25, 0.3) is 11.8 Å². The summed E-state index contributed by atoms with van der Waals surface area (Å²) in [7, 11) is 1.99. The monoisotopic (exact) mass is 257 g/mol. The number of rotatable bonds is 0. The number of hydrogen-bond donors (Lipinski definition) is 0. The number of likely N-dealkylation sites (N-methyl/N-ethyl adjacent to an activating group) is 1. The molecule has 0 N–H and O–H groups in total. The molecule has 0 unspecified atom stereocenters. The maximum Gasteiger partial charge on any atom is 0.0414 e. The molecule has 0 bridgehead atoms. The standard InChI is InChI=1S/C14H15N.2C2H6/c1-10-5-8-14-12(3)15(4)11(2)6-7-13(14)9-10;2*1-2/h5-9H,2-3H2,1,4H3;2*1-2H3. The third-order valence-corrected chi connectivity index (χ3v) is 2.81. The van der Waals surface area contributed by atoms with Crippen LogP contribution in [0.2, 0.25) is 0 Å². The van der Waals surface area contributed by atoms with Crippen molar-refractivity contribution >= 4 is 11.8 Å². The zero-order chi connectivity index (χ0) is 15.0. The van der Waals surface area contributed by atoms with Crippen LogP contribution in [0.5, 0.6) is 0 Å². The summed E-state index contributed by atoms with van der Waals surface area (Å²) in [5, 5.41) is 0. The molecular weight excluding hydrogens is 230 g/mol. The van der Waals surface area contributed by atoms with Crippen LogP contribution in [0.4, 0.5) is 0 Å². The first-order valence-electron chi connectivity index (χ1n) is 7.00. The molecule has 0 aromatic heterocycles. The van der Waals surface area contributed by atoms with Crippen LogP contribution in [-0.4, -0.2) is 11.9 Å². The van der Waals surface area contributed by atoms with Gasteiger partial charge in [-0.3, -0.25) is 0 Å². The van der Waals surface area contributed by atoms with E-state index in [2.05, 4.69) is 44.4 Å². The highest BCUT2D eigenvalue weighted by molar-refractivity contribution is 5.76. The second-order valence-electron chi connectivity index (χ2n) is 3.92. The van der Waals surface area contributed by atoms with Gasteiger partial charge in [-0.05, 0) is 18.6 Å². The number of fused-ring (bicyclic) bond motifs is 1. The van der Waals surface area contributed by atoms with E-state index in [-0.39, 0.29) is 0 Å². The highest BCUT2D eigenvalue weighted by atomic mass is 15.1. The summed E-state index contributed by atoms with van der Waals surface area (Å²) in [5.74, 6) is 0. The van der Waals surface area contributed by atoms with Crippen molar-refractivity contribution in [3.63, 3.8) is 0 Å². The minimum atomic E-state index is 0.967.